The van der Waals surface area contributed by atoms with Crippen molar-refractivity contribution in [3.05, 3.63) is 54.1 Å². The van der Waals surface area contributed by atoms with E-state index in [1.54, 1.807) is 13.2 Å². The lowest BCUT2D eigenvalue weighted by molar-refractivity contribution is -0.120. The van der Waals surface area contributed by atoms with Gasteiger partial charge in [-0.3, -0.25) is 9.59 Å². The summed E-state index contributed by atoms with van der Waals surface area (Å²) in [5, 5.41) is 8.75. The second-order valence-electron chi connectivity index (χ2n) is 6.20. The van der Waals surface area contributed by atoms with Crippen molar-refractivity contribution in [2.24, 2.45) is 5.92 Å². The highest BCUT2D eigenvalue weighted by Crippen LogP contribution is 2.16. The molecule has 0 aliphatic rings. The number of carbonyl (C=O) groups is 2. The molecule has 0 spiro atoms. The number of nitrogens with one attached hydrogen (secondary N) is 3. The van der Waals surface area contributed by atoms with Crippen LogP contribution in [-0.2, 0) is 16.1 Å². The summed E-state index contributed by atoms with van der Waals surface area (Å²) in [7, 11) is 1.62. The van der Waals surface area contributed by atoms with E-state index in [4.69, 9.17) is 4.74 Å². The molecule has 26 heavy (non-hydrogen) atoms. The molecular formula is C20H25N3O3. The third-order valence-corrected chi connectivity index (χ3v) is 3.76. The largest absolute Gasteiger partial charge is 0.497 e. The van der Waals surface area contributed by atoms with Crippen molar-refractivity contribution >= 4 is 23.2 Å². The highest BCUT2D eigenvalue weighted by Gasteiger charge is 2.07. The lowest BCUT2D eigenvalue weighted by Gasteiger charge is -2.11. The molecule has 0 bridgehead atoms. The molecule has 0 fully saturated rings. The maximum atomic E-state index is 12.0. The normalized spacial score (nSPS) is 10.3. The highest BCUT2D eigenvalue weighted by atomic mass is 16.5. The van der Waals surface area contributed by atoms with Crippen molar-refractivity contribution in [3.8, 4) is 5.75 Å². The minimum Gasteiger partial charge on any atom is -0.497 e. The summed E-state index contributed by atoms with van der Waals surface area (Å²) in [4.78, 5) is 23.7. The van der Waals surface area contributed by atoms with Gasteiger partial charge in [0.15, 0.2) is 0 Å². The van der Waals surface area contributed by atoms with Crippen molar-refractivity contribution < 1.29 is 14.3 Å². The Kier molecular flexibility index (Phi) is 7.02. The molecule has 0 saturated carbocycles. The Bertz CT molecular complexity index is 742. The van der Waals surface area contributed by atoms with Gasteiger partial charge in [0.05, 0.1) is 13.7 Å². The quantitative estimate of drug-likeness (QED) is 0.680. The van der Waals surface area contributed by atoms with E-state index in [0.717, 1.165) is 17.0 Å². The van der Waals surface area contributed by atoms with E-state index < -0.39 is 0 Å². The van der Waals surface area contributed by atoms with Crippen LogP contribution in [-0.4, -0.2) is 25.5 Å². The van der Waals surface area contributed by atoms with Crippen LogP contribution in [0.1, 0.15) is 19.4 Å². The topological polar surface area (TPSA) is 79.5 Å². The highest BCUT2D eigenvalue weighted by molar-refractivity contribution is 5.92. The van der Waals surface area contributed by atoms with Crippen molar-refractivity contribution in [1.82, 2.24) is 5.32 Å². The number of hydrogen-bond acceptors (Lipinski definition) is 4. The number of rotatable bonds is 8. The second kappa shape index (κ2) is 9.46. The van der Waals surface area contributed by atoms with Gasteiger partial charge in [-0.15, -0.1) is 0 Å². The van der Waals surface area contributed by atoms with Gasteiger partial charge in [-0.05, 0) is 35.9 Å². The smallest absolute Gasteiger partial charge is 0.239 e. The summed E-state index contributed by atoms with van der Waals surface area (Å²) < 4.78 is 5.11. The minimum absolute atomic E-state index is 0.0422. The predicted octanol–water partition coefficient (Wildman–Crippen LogP) is 3.02. The third kappa shape index (κ3) is 6.12. The average molecular weight is 355 g/mol. The minimum atomic E-state index is -0.113. The summed E-state index contributed by atoms with van der Waals surface area (Å²) >= 11 is 0. The number of benzene rings is 2. The van der Waals surface area contributed by atoms with E-state index >= 15 is 0 Å². The molecular weight excluding hydrogens is 330 g/mol. The van der Waals surface area contributed by atoms with E-state index in [9.17, 15) is 9.59 Å². The second-order valence-corrected chi connectivity index (χ2v) is 6.20. The van der Waals surface area contributed by atoms with E-state index in [-0.39, 0.29) is 24.3 Å². The van der Waals surface area contributed by atoms with E-state index in [1.807, 2.05) is 56.3 Å². The Balaban J connectivity index is 1.80. The van der Waals surface area contributed by atoms with Crippen molar-refractivity contribution in [2.45, 2.75) is 20.4 Å². The first-order chi connectivity index (χ1) is 12.5. The molecule has 0 aliphatic carbocycles. The molecule has 2 amide bonds. The molecule has 138 valence electrons. The van der Waals surface area contributed by atoms with Crippen molar-refractivity contribution in [3.63, 3.8) is 0 Å². The summed E-state index contributed by atoms with van der Waals surface area (Å²) in [5.74, 6) is 0.540. The Morgan fingerprint density at radius 3 is 2.38 bits per heavy atom. The maximum absolute atomic E-state index is 12.0. The molecule has 0 atom stereocenters. The van der Waals surface area contributed by atoms with Crippen LogP contribution in [0, 0.1) is 5.92 Å². The van der Waals surface area contributed by atoms with Gasteiger partial charge < -0.3 is 20.7 Å². The fraction of sp³-hybridized carbons (Fsp3) is 0.300. The first kappa shape index (κ1) is 19.3. The fourth-order valence-corrected chi connectivity index (χ4v) is 2.18. The molecule has 0 radical (unpaired) electrons. The molecule has 0 aliphatic heterocycles. The van der Waals surface area contributed by atoms with Gasteiger partial charge in [0, 0.05) is 23.8 Å². The predicted molar refractivity (Wildman–Crippen MR) is 103 cm³/mol. The van der Waals surface area contributed by atoms with Crippen LogP contribution in [0.2, 0.25) is 0 Å². The summed E-state index contributed by atoms with van der Waals surface area (Å²) in [6, 6.07) is 14.8. The molecule has 2 aromatic rings. The molecule has 2 rings (SSSR count). The van der Waals surface area contributed by atoms with Crippen LogP contribution in [0.3, 0.4) is 0 Å². The number of ether oxygens (including phenoxy) is 1. The zero-order valence-corrected chi connectivity index (χ0v) is 15.3. The van der Waals surface area contributed by atoms with Gasteiger partial charge in [-0.1, -0.05) is 32.0 Å². The molecule has 6 heteroatoms. The standard InChI is InChI=1S/C20H25N3O3/c1-14(2)20(25)23-17-6-4-5-16(11-17)21-13-19(24)22-12-15-7-9-18(26-3)10-8-15/h4-11,14,21H,12-13H2,1-3H3,(H,22,24)(H,23,25). The van der Waals surface area contributed by atoms with Crippen LogP contribution in [0.25, 0.3) is 0 Å². The van der Waals surface area contributed by atoms with Crippen LogP contribution in [0.15, 0.2) is 48.5 Å². The first-order valence-corrected chi connectivity index (χ1v) is 8.52. The summed E-state index contributed by atoms with van der Waals surface area (Å²) in [6.45, 7) is 4.28. The van der Waals surface area contributed by atoms with Crippen LogP contribution < -0.4 is 20.7 Å². The lowest BCUT2D eigenvalue weighted by Crippen LogP contribution is -2.29. The monoisotopic (exact) mass is 355 g/mol. The van der Waals surface area contributed by atoms with Gasteiger partial charge in [0.2, 0.25) is 11.8 Å². The molecule has 3 N–H and O–H groups in total. The Morgan fingerprint density at radius 2 is 1.73 bits per heavy atom. The number of carbonyl (C=O) groups excluding carboxylic acids is 2. The number of amides is 2. The fourth-order valence-electron chi connectivity index (χ4n) is 2.18. The molecule has 0 saturated heterocycles. The lowest BCUT2D eigenvalue weighted by atomic mass is 10.2. The van der Waals surface area contributed by atoms with Gasteiger partial charge in [0.1, 0.15) is 5.75 Å². The molecule has 2 aromatic carbocycles. The van der Waals surface area contributed by atoms with Gasteiger partial charge in [-0.2, -0.15) is 0 Å². The molecule has 0 aromatic heterocycles. The molecule has 0 unspecified atom stereocenters. The Morgan fingerprint density at radius 1 is 1.04 bits per heavy atom. The number of hydrogen-bond donors (Lipinski definition) is 3. The van der Waals surface area contributed by atoms with Crippen molar-refractivity contribution in [1.29, 1.82) is 0 Å². The van der Waals surface area contributed by atoms with E-state index in [1.165, 1.54) is 0 Å². The number of methoxy groups -OCH3 is 1. The molecule has 6 nitrogen and oxygen atoms in total. The summed E-state index contributed by atoms with van der Waals surface area (Å²) in [5.41, 5.74) is 2.47. The Hall–Kier alpha value is -3.02. The Labute approximate surface area is 153 Å². The zero-order valence-electron chi connectivity index (χ0n) is 15.3. The van der Waals surface area contributed by atoms with Crippen LogP contribution in [0.4, 0.5) is 11.4 Å². The van der Waals surface area contributed by atoms with Crippen LogP contribution in [0.5, 0.6) is 5.75 Å². The van der Waals surface area contributed by atoms with E-state index in [2.05, 4.69) is 16.0 Å². The number of anilines is 2. The van der Waals surface area contributed by atoms with Gasteiger partial charge >= 0.3 is 0 Å². The first-order valence-electron chi connectivity index (χ1n) is 8.52. The van der Waals surface area contributed by atoms with E-state index in [0.29, 0.717) is 12.2 Å². The SMILES string of the molecule is COc1ccc(CNC(=O)CNc2cccc(NC(=O)C(C)C)c2)cc1. The average Bonchev–Trinajstić information content (AvgIpc) is 2.65. The van der Waals surface area contributed by atoms with Gasteiger partial charge in [-0.25, -0.2) is 0 Å². The summed E-state index contributed by atoms with van der Waals surface area (Å²) in [6.07, 6.45) is 0. The van der Waals surface area contributed by atoms with Gasteiger partial charge in [0.25, 0.3) is 0 Å². The van der Waals surface area contributed by atoms with Crippen molar-refractivity contribution in [2.75, 3.05) is 24.3 Å². The third-order valence-electron chi connectivity index (χ3n) is 3.76. The molecule has 0 heterocycles. The zero-order chi connectivity index (χ0) is 18.9. The van der Waals surface area contributed by atoms with Crippen LogP contribution >= 0.6 is 0 Å². The maximum Gasteiger partial charge on any atom is 0.239 e.